The van der Waals surface area contributed by atoms with Gasteiger partial charge in [0.05, 0.1) is 20.8 Å². The first-order chi connectivity index (χ1) is 13.5. The summed E-state index contributed by atoms with van der Waals surface area (Å²) < 4.78 is 10.5. The second-order valence-corrected chi connectivity index (χ2v) is 7.01. The van der Waals surface area contributed by atoms with Gasteiger partial charge >= 0.3 is 0 Å². The minimum Gasteiger partial charge on any atom is -0.493 e. The van der Waals surface area contributed by atoms with Gasteiger partial charge in [-0.05, 0) is 43.2 Å². The van der Waals surface area contributed by atoms with Gasteiger partial charge in [0.2, 0.25) is 5.91 Å². The maximum Gasteiger partial charge on any atom is 0.241 e. The Labute approximate surface area is 167 Å². The molecular formula is C22H29N3O3. The zero-order chi connectivity index (χ0) is 20.1. The maximum atomic E-state index is 12.6. The van der Waals surface area contributed by atoms with E-state index in [-0.39, 0.29) is 12.5 Å². The number of piperazine rings is 1. The Hall–Kier alpha value is -2.89. The number of carbonyl (C=O) groups excluding carboxylic acids is 1. The Balaban J connectivity index is 1.53. The fraction of sp³-hybridized carbons (Fsp3) is 0.409. The summed E-state index contributed by atoms with van der Waals surface area (Å²) >= 11 is 0. The summed E-state index contributed by atoms with van der Waals surface area (Å²) in [6.45, 7) is 7.74. The average molecular weight is 383 g/mol. The van der Waals surface area contributed by atoms with E-state index in [4.69, 9.17) is 9.47 Å². The first-order valence-electron chi connectivity index (χ1n) is 9.58. The van der Waals surface area contributed by atoms with E-state index in [1.807, 2.05) is 23.1 Å². The summed E-state index contributed by atoms with van der Waals surface area (Å²) in [6.07, 6.45) is 0. The molecule has 0 spiro atoms. The van der Waals surface area contributed by atoms with Gasteiger partial charge in [-0.15, -0.1) is 0 Å². The topological polar surface area (TPSA) is 54.0 Å². The highest BCUT2D eigenvalue weighted by molar-refractivity contribution is 5.81. The van der Waals surface area contributed by atoms with Gasteiger partial charge in [-0.3, -0.25) is 4.79 Å². The van der Waals surface area contributed by atoms with Crippen molar-refractivity contribution in [2.75, 3.05) is 57.2 Å². The van der Waals surface area contributed by atoms with Crippen LogP contribution in [0.15, 0.2) is 36.4 Å². The number of benzene rings is 2. The molecule has 0 aliphatic carbocycles. The molecule has 0 saturated carbocycles. The van der Waals surface area contributed by atoms with Crippen molar-refractivity contribution in [2.24, 2.45) is 0 Å². The van der Waals surface area contributed by atoms with Crippen LogP contribution in [0.3, 0.4) is 0 Å². The predicted molar refractivity (Wildman–Crippen MR) is 113 cm³/mol. The lowest BCUT2D eigenvalue weighted by molar-refractivity contribution is -0.129. The molecule has 6 heteroatoms. The summed E-state index contributed by atoms with van der Waals surface area (Å²) in [5, 5.41) is 3.19. The smallest absolute Gasteiger partial charge is 0.241 e. The third kappa shape index (κ3) is 4.32. The second-order valence-electron chi connectivity index (χ2n) is 7.01. The van der Waals surface area contributed by atoms with Gasteiger partial charge in [-0.1, -0.05) is 12.1 Å². The molecule has 1 fully saturated rings. The number of aryl methyl sites for hydroxylation is 1. The summed E-state index contributed by atoms with van der Waals surface area (Å²) in [6, 6.07) is 11.9. The van der Waals surface area contributed by atoms with Crippen molar-refractivity contribution in [3.05, 3.63) is 47.5 Å². The van der Waals surface area contributed by atoms with E-state index in [1.54, 1.807) is 14.2 Å². The standard InChI is InChI=1S/C22H29N3O3/c1-16-6-5-7-19(17(16)2)24-10-12-25(13-11-24)22(26)15-23-18-8-9-20(27-3)21(14-18)28-4/h5-9,14,23H,10-13,15H2,1-4H3. The number of amides is 1. The Morgan fingerprint density at radius 1 is 1.00 bits per heavy atom. The SMILES string of the molecule is COc1ccc(NCC(=O)N2CCN(c3cccc(C)c3C)CC2)cc1OC. The van der Waals surface area contributed by atoms with Crippen LogP contribution in [0.2, 0.25) is 0 Å². The molecule has 150 valence electrons. The van der Waals surface area contributed by atoms with Gasteiger partial charge in [0.15, 0.2) is 11.5 Å². The quantitative estimate of drug-likeness (QED) is 0.831. The van der Waals surface area contributed by atoms with Crippen LogP contribution in [0.1, 0.15) is 11.1 Å². The molecule has 0 bridgehead atoms. The lowest BCUT2D eigenvalue weighted by atomic mass is 10.1. The van der Waals surface area contributed by atoms with E-state index in [0.717, 1.165) is 31.9 Å². The molecule has 0 unspecified atom stereocenters. The number of nitrogens with one attached hydrogen (secondary N) is 1. The van der Waals surface area contributed by atoms with E-state index in [2.05, 4.69) is 42.3 Å². The van der Waals surface area contributed by atoms with Gasteiger partial charge in [-0.2, -0.15) is 0 Å². The van der Waals surface area contributed by atoms with Gasteiger partial charge < -0.3 is 24.6 Å². The van der Waals surface area contributed by atoms with Gasteiger partial charge in [0.25, 0.3) is 0 Å². The number of rotatable bonds is 6. The summed E-state index contributed by atoms with van der Waals surface area (Å²) in [4.78, 5) is 16.9. The van der Waals surface area contributed by atoms with Crippen molar-refractivity contribution in [3.8, 4) is 11.5 Å². The molecule has 1 aliphatic heterocycles. The predicted octanol–water partition coefficient (Wildman–Crippen LogP) is 3.08. The molecular weight excluding hydrogens is 354 g/mol. The number of anilines is 2. The van der Waals surface area contributed by atoms with E-state index in [9.17, 15) is 4.79 Å². The number of nitrogens with zero attached hydrogens (tertiary/aromatic N) is 2. The minimum absolute atomic E-state index is 0.107. The van der Waals surface area contributed by atoms with Gasteiger partial charge in [0, 0.05) is 43.6 Å². The monoisotopic (exact) mass is 383 g/mol. The lowest BCUT2D eigenvalue weighted by Gasteiger charge is -2.37. The maximum absolute atomic E-state index is 12.6. The number of carbonyl (C=O) groups is 1. The number of hydrogen-bond acceptors (Lipinski definition) is 5. The van der Waals surface area contributed by atoms with Crippen LogP contribution in [0.4, 0.5) is 11.4 Å². The third-order valence-corrected chi connectivity index (χ3v) is 5.38. The van der Waals surface area contributed by atoms with E-state index >= 15 is 0 Å². The van der Waals surface area contributed by atoms with Crippen LogP contribution < -0.4 is 19.7 Å². The van der Waals surface area contributed by atoms with Crippen molar-refractivity contribution in [1.29, 1.82) is 0 Å². The van der Waals surface area contributed by atoms with Crippen LogP contribution in [0.5, 0.6) is 11.5 Å². The minimum atomic E-state index is 0.107. The summed E-state index contributed by atoms with van der Waals surface area (Å²) in [7, 11) is 3.20. The zero-order valence-electron chi connectivity index (χ0n) is 17.1. The van der Waals surface area contributed by atoms with Crippen LogP contribution >= 0.6 is 0 Å². The molecule has 1 heterocycles. The molecule has 1 amide bonds. The molecule has 0 aromatic heterocycles. The van der Waals surface area contributed by atoms with E-state index in [0.29, 0.717) is 11.5 Å². The lowest BCUT2D eigenvalue weighted by Crippen LogP contribution is -2.50. The number of hydrogen-bond donors (Lipinski definition) is 1. The van der Waals surface area contributed by atoms with Crippen LogP contribution in [-0.4, -0.2) is 57.8 Å². The van der Waals surface area contributed by atoms with Crippen LogP contribution in [0, 0.1) is 13.8 Å². The van der Waals surface area contributed by atoms with Crippen molar-refractivity contribution >= 4 is 17.3 Å². The highest BCUT2D eigenvalue weighted by Gasteiger charge is 2.22. The summed E-state index contributed by atoms with van der Waals surface area (Å²) in [5.41, 5.74) is 4.73. The van der Waals surface area contributed by atoms with Crippen molar-refractivity contribution in [3.63, 3.8) is 0 Å². The highest BCUT2D eigenvalue weighted by atomic mass is 16.5. The fourth-order valence-electron chi connectivity index (χ4n) is 3.51. The van der Waals surface area contributed by atoms with Crippen LogP contribution in [-0.2, 0) is 4.79 Å². The van der Waals surface area contributed by atoms with E-state index < -0.39 is 0 Å². The largest absolute Gasteiger partial charge is 0.493 e. The molecule has 2 aromatic carbocycles. The highest BCUT2D eigenvalue weighted by Crippen LogP contribution is 2.29. The van der Waals surface area contributed by atoms with E-state index in [1.165, 1.54) is 16.8 Å². The molecule has 0 atom stereocenters. The average Bonchev–Trinajstić information content (AvgIpc) is 2.73. The van der Waals surface area contributed by atoms with Crippen molar-refractivity contribution in [2.45, 2.75) is 13.8 Å². The first-order valence-corrected chi connectivity index (χ1v) is 9.58. The third-order valence-electron chi connectivity index (χ3n) is 5.38. The number of ether oxygens (including phenoxy) is 2. The van der Waals surface area contributed by atoms with Crippen LogP contribution in [0.25, 0.3) is 0 Å². The van der Waals surface area contributed by atoms with Crippen molar-refractivity contribution < 1.29 is 14.3 Å². The molecule has 0 radical (unpaired) electrons. The normalized spacial score (nSPS) is 14.0. The second kappa shape index (κ2) is 8.87. The molecule has 6 nitrogen and oxygen atoms in total. The van der Waals surface area contributed by atoms with Gasteiger partial charge in [-0.25, -0.2) is 0 Å². The van der Waals surface area contributed by atoms with Crippen molar-refractivity contribution in [1.82, 2.24) is 4.90 Å². The Morgan fingerprint density at radius 3 is 2.39 bits per heavy atom. The zero-order valence-corrected chi connectivity index (χ0v) is 17.1. The molecule has 2 aromatic rings. The molecule has 1 aliphatic rings. The summed E-state index contributed by atoms with van der Waals surface area (Å²) in [5.74, 6) is 1.42. The molecule has 3 rings (SSSR count). The molecule has 1 saturated heterocycles. The fourth-order valence-corrected chi connectivity index (χ4v) is 3.51. The molecule has 28 heavy (non-hydrogen) atoms. The Morgan fingerprint density at radius 2 is 1.71 bits per heavy atom. The van der Waals surface area contributed by atoms with Gasteiger partial charge in [0.1, 0.15) is 0 Å². The Kier molecular flexibility index (Phi) is 6.29. The first kappa shape index (κ1) is 19.9. The number of methoxy groups -OCH3 is 2. The molecule has 1 N–H and O–H groups in total. The Bertz CT molecular complexity index is 830.